The van der Waals surface area contributed by atoms with Gasteiger partial charge in [0.1, 0.15) is 5.78 Å². The Morgan fingerprint density at radius 3 is 2.50 bits per heavy atom. The Hall–Kier alpha value is 1.09. The molecule has 0 spiro atoms. The van der Waals surface area contributed by atoms with Gasteiger partial charge in [-0.2, -0.15) is 0 Å². The first-order valence-corrected chi connectivity index (χ1v) is 4.49. The predicted molar refractivity (Wildman–Crippen MR) is 48.2 cm³/mol. The molecule has 4 heteroatoms. The molecule has 1 aliphatic rings. The lowest BCUT2D eigenvalue weighted by atomic mass is 10.4. The summed E-state index contributed by atoms with van der Waals surface area (Å²) in [7, 11) is 0. The molecule has 0 aromatic rings. The molecule has 0 bridgehead atoms. The van der Waals surface area contributed by atoms with Gasteiger partial charge in [-0.05, 0) is 0 Å². The van der Waals surface area contributed by atoms with Gasteiger partial charge in [-0.15, -0.1) is 0 Å². The number of rotatable bonds is 0. The second-order valence-corrected chi connectivity index (χ2v) is 4.41. The number of carbonyl (C=O) groups is 1. The molecule has 1 heterocycles. The Labute approximate surface area is 75.6 Å². The molecule has 1 atom stereocenters. The number of hydrogen-bond donors (Lipinski definition) is 0. The van der Waals surface area contributed by atoms with Crippen molar-refractivity contribution in [1.82, 2.24) is 3.11 Å². The molecular weight excluding hydrogens is 332 g/mol. The van der Waals surface area contributed by atoms with Crippen LogP contribution in [-0.2, 0) is 4.79 Å². The molecule has 0 aromatic heterocycles. The van der Waals surface area contributed by atoms with E-state index >= 15 is 0 Å². The highest BCUT2D eigenvalue weighted by Crippen LogP contribution is 2.23. The molecule has 0 saturated carbocycles. The molecule has 1 fully saturated rings. The van der Waals surface area contributed by atoms with Crippen molar-refractivity contribution in [3.05, 3.63) is 0 Å². The van der Waals surface area contributed by atoms with Crippen LogP contribution in [0.1, 0.15) is 6.42 Å². The molecule has 8 heavy (non-hydrogen) atoms. The summed E-state index contributed by atoms with van der Waals surface area (Å²) in [5.41, 5.74) is 0. The third-order valence-corrected chi connectivity index (χ3v) is 4.22. The van der Waals surface area contributed by atoms with Gasteiger partial charge in [0.05, 0.1) is 10.6 Å². The summed E-state index contributed by atoms with van der Waals surface area (Å²) >= 11 is 4.45. The van der Waals surface area contributed by atoms with E-state index in [2.05, 4.69) is 45.5 Å². The van der Waals surface area contributed by atoms with Crippen molar-refractivity contribution in [1.29, 1.82) is 0 Å². The third-order valence-electron chi connectivity index (χ3n) is 1.03. The van der Waals surface area contributed by atoms with Gasteiger partial charge in [0.15, 0.2) is 0 Å². The SMILES string of the molecule is O=C1C[C@H](I)N(I)C1. The molecule has 0 aliphatic carbocycles. The number of ketones is 1. The lowest BCUT2D eigenvalue weighted by Gasteiger charge is -2.05. The highest BCUT2D eigenvalue weighted by atomic mass is 127. The van der Waals surface area contributed by atoms with E-state index in [1.54, 1.807) is 0 Å². The van der Waals surface area contributed by atoms with Crippen molar-refractivity contribution in [3.8, 4) is 0 Å². The second-order valence-electron chi connectivity index (χ2n) is 1.74. The van der Waals surface area contributed by atoms with Crippen molar-refractivity contribution >= 4 is 51.2 Å². The minimum Gasteiger partial charge on any atom is -0.298 e. The van der Waals surface area contributed by atoms with Crippen LogP contribution in [0.3, 0.4) is 0 Å². The molecular formula is C4H5I2NO. The van der Waals surface area contributed by atoms with Gasteiger partial charge >= 0.3 is 0 Å². The number of alkyl halides is 1. The van der Waals surface area contributed by atoms with Gasteiger partial charge in [-0.25, -0.2) is 3.11 Å². The van der Waals surface area contributed by atoms with Crippen molar-refractivity contribution in [2.24, 2.45) is 0 Å². The van der Waals surface area contributed by atoms with Crippen LogP contribution in [0.5, 0.6) is 0 Å². The van der Waals surface area contributed by atoms with Crippen LogP contribution in [0.25, 0.3) is 0 Å². The second kappa shape index (κ2) is 2.78. The van der Waals surface area contributed by atoms with E-state index < -0.39 is 0 Å². The Kier molecular flexibility index (Phi) is 2.50. The number of Topliss-reactive ketones (excluding diaryl/α,β-unsaturated/α-hetero) is 1. The minimum atomic E-state index is 0.360. The third kappa shape index (κ3) is 1.53. The Morgan fingerprint density at radius 1 is 1.75 bits per heavy atom. The van der Waals surface area contributed by atoms with Crippen molar-refractivity contribution in [2.45, 2.75) is 10.5 Å². The molecule has 0 amide bonds. The Balaban J connectivity index is 2.51. The van der Waals surface area contributed by atoms with Crippen LogP contribution in [0.2, 0.25) is 0 Å². The van der Waals surface area contributed by atoms with Crippen LogP contribution in [0.4, 0.5) is 0 Å². The average Bonchev–Trinajstić information content (AvgIpc) is 1.85. The molecule has 0 radical (unpaired) electrons. The number of nitrogens with zero attached hydrogens (tertiary/aromatic N) is 1. The molecule has 1 rings (SSSR count). The highest BCUT2D eigenvalue weighted by molar-refractivity contribution is 14.1. The van der Waals surface area contributed by atoms with Crippen LogP contribution in [0, 0.1) is 0 Å². The van der Waals surface area contributed by atoms with Crippen molar-refractivity contribution < 1.29 is 4.79 Å². The fourth-order valence-electron chi connectivity index (χ4n) is 0.619. The zero-order chi connectivity index (χ0) is 6.15. The summed E-state index contributed by atoms with van der Waals surface area (Å²) in [6.07, 6.45) is 0.726. The predicted octanol–water partition coefficient (Wildman–Crippen LogP) is 1.37. The van der Waals surface area contributed by atoms with Gasteiger partial charge in [0.25, 0.3) is 0 Å². The van der Waals surface area contributed by atoms with E-state index in [4.69, 9.17) is 0 Å². The minimum absolute atomic E-state index is 0.360. The van der Waals surface area contributed by atoms with E-state index in [0.717, 1.165) is 6.42 Å². The first-order valence-electron chi connectivity index (χ1n) is 2.28. The van der Waals surface area contributed by atoms with Crippen LogP contribution in [-0.4, -0.2) is 19.5 Å². The lowest BCUT2D eigenvalue weighted by molar-refractivity contribution is -0.116. The van der Waals surface area contributed by atoms with E-state index in [-0.39, 0.29) is 0 Å². The van der Waals surface area contributed by atoms with E-state index in [1.165, 1.54) is 0 Å². The zero-order valence-corrected chi connectivity index (χ0v) is 8.42. The monoisotopic (exact) mass is 337 g/mol. The average molecular weight is 337 g/mol. The van der Waals surface area contributed by atoms with Crippen molar-refractivity contribution in [2.75, 3.05) is 6.54 Å². The summed E-state index contributed by atoms with van der Waals surface area (Å²) in [6.45, 7) is 0.633. The molecule has 1 aliphatic heterocycles. The van der Waals surface area contributed by atoms with Gasteiger partial charge in [0, 0.05) is 29.3 Å². The van der Waals surface area contributed by atoms with Crippen LogP contribution < -0.4 is 0 Å². The highest BCUT2D eigenvalue weighted by Gasteiger charge is 2.25. The summed E-state index contributed by atoms with van der Waals surface area (Å²) < 4.78 is 2.46. The summed E-state index contributed by atoms with van der Waals surface area (Å²) in [5, 5.41) is 0. The molecule has 46 valence electrons. The normalized spacial score (nSPS) is 31.8. The van der Waals surface area contributed by atoms with E-state index in [1.807, 2.05) is 3.11 Å². The standard InChI is InChI=1S/C4H5I2NO/c5-4-1-3(8)2-7(4)6/h4H,1-2H2/t4-/m1/s1. The van der Waals surface area contributed by atoms with Gasteiger partial charge in [-0.1, -0.05) is 22.6 Å². The van der Waals surface area contributed by atoms with Gasteiger partial charge in [-0.3, -0.25) is 4.79 Å². The summed E-state index contributed by atoms with van der Waals surface area (Å²) in [5.74, 6) is 0.360. The summed E-state index contributed by atoms with van der Waals surface area (Å²) in [4.78, 5) is 10.6. The molecule has 0 N–H and O–H groups in total. The quantitative estimate of drug-likeness (QED) is 0.288. The van der Waals surface area contributed by atoms with E-state index in [9.17, 15) is 4.79 Å². The van der Waals surface area contributed by atoms with Crippen LogP contribution >= 0.6 is 45.5 Å². The Morgan fingerprint density at radius 2 is 2.38 bits per heavy atom. The maximum Gasteiger partial charge on any atom is 0.150 e. The topological polar surface area (TPSA) is 20.3 Å². The van der Waals surface area contributed by atoms with E-state index in [0.29, 0.717) is 16.4 Å². The molecule has 2 nitrogen and oxygen atoms in total. The molecule has 1 saturated heterocycles. The zero-order valence-electron chi connectivity index (χ0n) is 4.10. The van der Waals surface area contributed by atoms with Crippen molar-refractivity contribution in [3.63, 3.8) is 0 Å². The van der Waals surface area contributed by atoms with Gasteiger partial charge in [0.2, 0.25) is 0 Å². The van der Waals surface area contributed by atoms with Gasteiger partial charge < -0.3 is 0 Å². The lowest BCUT2D eigenvalue weighted by Crippen LogP contribution is -2.11. The largest absolute Gasteiger partial charge is 0.298 e. The molecule has 0 unspecified atom stereocenters. The Bertz CT molecular complexity index is 105. The fourth-order valence-corrected chi connectivity index (χ4v) is 1.88. The molecule has 0 aromatic carbocycles. The maximum absolute atomic E-state index is 10.6. The number of halogens is 2. The van der Waals surface area contributed by atoms with Crippen LogP contribution in [0.15, 0.2) is 0 Å². The smallest absolute Gasteiger partial charge is 0.150 e. The first-order chi connectivity index (χ1) is 3.70. The first kappa shape index (κ1) is 7.20. The number of hydrogen-bond acceptors (Lipinski definition) is 2. The maximum atomic E-state index is 10.6. The number of carbonyl (C=O) groups excluding carboxylic acids is 1. The summed E-state index contributed by atoms with van der Waals surface area (Å²) in [6, 6.07) is 0. The fraction of sp³-hybridized carbons (Fsp3) is 0.750.